The maximum Gasteiger partial charge on any atom is 0.213 e. The van der Waals surface area contributed by atoms with Crippen LogP contribution in [-0.2, 0) is 0 Å². The topological polar surface area (TPSA) is 52.8 Å². The van der Waals surface area contributed by atoms with Gasteiger partial charge in [-0.25, -0.2) is 13.8 Å². The molecule has 7 heteroatoms. The molecular formula is C20H20F2N4O. The Labute approximate surface area is 156 Å². The zero-order valence-corrected chi connectivity index (χ0v) is 15.0. The molecule has 0 bridgehead atoms. The van der Waals surface area contributed by atoms with Gasteiger partial charge in [0.15, 0.2) is 11.6 Å². The Balaban J connectivity index is 1.50. The molecule has 2 aromatic heterocycles. The minimum Gasteiger partial charge on any atom is -0.474 e. The minimum absolute atomic E-state index is 0.122. The van der Waals surface area contributed by atoms with Crippen LogP contribution in [0, 0.1) is 18.6 Å². The molecule has 27 heavy (non-hydrogen) atoms. The van der Waals surface area contributed by atoms with E-state index in [-0.39, 0.29) is 12.0 Å². The maximum absolute atomic E-state index is 13.7. The van der Waals surface area contributed by atoms with Crippen molar-refractivity contribution in [2.75, 3.05) is 0 Å². The van der Waals surface area contributed by atoms with E-state index >= 15 is 0 Å². The molecule has 140 valence electrons. The Bertz CT molecular complexity index is 921. The predicted molar refractivity (Wildman–Crippen MR) is 95.9 cm³/mol. The zero-order chi connectivity index (χ0) is 18.8. The van der Waals surface area contributed by atoms with Crippen LogP contribution in [0.3, 0.4) is 0 Å². The molecule has 3 aromatic rings. The number of aryl methyl sites for hydroxylation is 1. The number of hydrogen-bond acceptors (Lipinski definition) is 4. The Morgan fingerprint density at radius 3 is 2.52 bits per heavy atom. The highest BCUT2D eigenvalue weighted by molar-refractivity contribution is 5.35. The fraction of sp³-hybridized carbons (Fsp3) is 0.350. The van der Waals surface area contributed by atoms with Gasteiger partial charge < -0.3 is 4.74 Å². The fourth-order valence-corrected chi connectivity index (χ4v) is 3.61. The van der Waals surface area contributed by atoms with E-state index in [1.807, 2.05) is 29.7 Å². The molecule has 2 heterocycles. The monoisotopic (exact) mass is 370 g/mol. The van der Waals surface area contributed by atoms with Gasteiger partial charge in [0.05, 0.1) is 5.69 Å². The molecule has 1 fully saturated rings. The van der Waals surface area contributed by atoms with E-state index in [9.17, 15) is 8.78 Å². The fourth-order valence-electron chi connectivity index (χ4n) is 3.61. The first-order valence-corrected chi connectivity index (χ1v) is 9.07. The summed E-state index contributed by atoms with van der Waals surface area (Å²) in [7, 11) is 0. The molecule has 1 aliphatic carbocycles. The molecule has 0 saturated heterocycles. The Hall–Kier alpha value is -2.83. The summed E-state index contributed by atoms with van der Waals surface area (Å²) < 4.78 is 34.7. The van der Waals surface area contributed by atoms with Gasteiger partial charge in [0, 0.05) is 24.2 Å². The summed E-state index contributed by atoms with van der Waals surface area (Å²) in [6.07, 6.45) is 5.37. The van der Waals surface area contributed by atoms with Crippen LogP contribution in [0.2, 0.25) is 0 Å². The number of pyridine rings is 1. The smallest absolute Gasteiger partial charge is 0.213 e. The molecule has 5 nitrogen and oxygen atoms in total. The Morgan fingerprint density at radius 1 is 1.00 bits per heavy atom. The summed E-state index contributed by atoms with van der Waals surface area (Å²) in [6.45, 7) is 1.81. The van der Waals surface area contributed by atoms with E-state index in [0.29, 0.717) is 17.4 Å². The van der Waals surface area contributed by atoms with Crippen molar-refractivity contribution in [1.29, 1.82) is 0 Å². The number of halogens is 2. The van der Waals surface area contributed by atoms with Crippen LogP contribution in [0.4, 0.5) is 8.78 Å². The van der Waals surface area contributed by atoms with Crippen LogP contribution < -0.4 is 4.74 Å². The van der Waals surface area contributed by atoms with Gasteiger partial charge in [0.25, 0.3) is 0 Å². The van der Waals surface area contributed by atoms with Gasteiger partial charge in [0.2, 0.25) is 5.88 Å². The van der Waals surface area contributed by atoms with Gasteiger partial charge >= 0.3 is 0 Å². The first-order chi connectivity index (χ1) is 13.1. The summed E-state index contributed by atoms with van der Waals surface area (Å²) in [5.74, 6) is 0.541. The lowest BCUT2D eigenvalue weighted by Gasteiger charge is -2.28. The van der Waals surface area contributed by atoms with Gasteiger partial charge in [-0.3, -0.25) is 4.57 Å². The van der Waals surface area contributed by atoms with Crippen LogP contribution in [0.15, 0.2) is 42.6 Å². The number of aromatic nitrogens is 4. The number of rotatable bonds is 4. The van der Waals surface area contributed by atoms with Crippen LogP contribution >= 0.6 is 0 Å². The third kappa shape index (κ3) is 3.67. The van der Waals surface area contributed by atoms with Crippen LogP contribution in [-0.4, -0.2) is 25.9 Å². The number of benzene rings is 1. The summed E-state index contributed by atoms with van der Waals surface area (Å²) >= 11 is 0. The quantitative estimate of drug-likeness (QED) is 0.685. The van der Waals surface area contributed by atoms with Crippen molar-refractivity contribution >= 4 is 0 Å². The van der Waals surface area contributed by atoms with Crippen molar-refractivity contribution in [2.24, 2.45) is 0 Å². The molecule has 0 amide bonds. The summed E-state index contributed by atoms with van der Waals surface area (Å²) in [6, 6.07) is 9.48. The predicted octanol–water partition coefficient (Wildman–Crippen LogP) is 4.35. The van der Waals surface area contributed by atoms with Crippen molar-refractivity contribution in [3.63, 3.8) is 0 Å². The molecule has 1 aromatic carbocycles. The highest BCUT2D eigenvalue weighted by Crippen LogP contribution is 2.34. The van der Waals surface area contributed by atoms with E-state index in [4.69, 9.17) is 4.74 Å². The summed E-state index contributed by atoms with van der Waals surface area (Å²) in [5, 5.41) is 8.48. The van der Waals surface area contributed by atoms with E-state index < -0.39 is 11.6 Å². The maximum atomic E-state index is 13.7. The average molecular weight is 370 g/mol. The molecule has 0 spiro atoms. The Morgan fingerprint density at radius 2 is 1.81 bits per heavy atom. The highest BCUT2D eigenvalue weighted by atomic mass is 19.2. The lowest BCUT2D eigenvalue weighted by atomic mass is 9.86. The lowest BCUT2D eigenvalue weighted by Crippen LogP contribution is -2.25. The van der Waals surface area contributed by atoms with Gasteiger partial charge in [-0.15, -0.1) is 10.2 Å². The van der Waals surface area contributed by atoms with Crippen molar-refractivity contribution in [2.45, 2.75) is 44.6 Å². The van der Waals surface area contributed by atoms with E-state index in [0.717, 1.165) is 37.6 Å². The first-order valence-electron chi connectivity index (χ1n) is 9.07. The number of ether oxygens (including phenoxy) is 1. The second-order valence-corrected chi connectivity index (χ2v) is 6.80. The van der Waals surface area contributed by atoms with E-state index in [1.54, 1.807) is 12.3 Å². The summed E-state index contributed by atoms with van der Waals surface area (Å²) in [4.78, 5) is 4.21. The van der Waals surface area contributed by atoms with Gasteiger partial charge in [-0.2, -0.15) is 0 Å². The molecule has 0 aliphatic heterocycles. The first kappa shape index (κ1) is 17.6. The molecule has 1 saturated carbocycles. The van der Waals surface area contributed by atoms with Crippen molar-refractivity contribution < 1.29 is 13.5 Å². The van der Waals surface area contributed by atoms with Crippen LogP contribution in [0.25, 0.3) is 5.69 Å². The minimum atomic E-state index is -0.876. The second kappa shape index (κ2) is 7.42. The molecule has 0 unspecified atom stereocenters. The van der Waals surface area contributed by atoms with Gasteiger partial charge in [-0.1, -0.05) is 6.07 Å². The Kier molecular flexibility index (Phi) is 4.83. The molecule has 0 radical (unpaired) electrons. The van der Waals surface area contributed by atoms with E-state index in [2.05, 4.69) is 15.2 Å². The second-order valence-electron chi connectivity index (χ2n) is 6.80. The van der Waals surface area contributed by atoms with Gasteiger partial charge in [-0.05, 0) is 50.8 Å². The van der Waals surface area contributed by atoms with Crippen LogP contribution in [0.5, 0.6) is 5.88 Å². The third-order valence-corrected chi connectivity index (χ3v) is 4.98. The largest absolute Gasteiger partial charge is 0.474 e. The molecule has 1 aliphatic rings. The molecule has 4 rings (SSSR count). The summed E-state index contributed by atoms with van der Waals surface area (Å²) in [5.41, 5.74) is 0.540. The molecule has 0 N–H and O–H groups in total. The standard InChI is InChI=1S/C20H20F2N4O/c1-13-24-25-20(26(13)15-7-10-17(21)18(22)12-15)14-5-8-16(9-6-14)27-19-4-2-3-11-23-19/h2-4,7,10-12,14,16H,5-6,8-9H2,1H3/t14-,16-. The van der Waals surface area contributed by atoms with Gasteiger partial charge in [0.1, 0.15) is 17.8 Å². The zero-order valence-electron chi connectivity index (χ0n) is 15.0. The normalized spacial score (nSPS) is 19.8. The number of hydrogen-bond donors (Lipinski definition) is 0. The van der Waals surface area contributed by atoms with E-state index in [1.165, 1.54) is 6.07 Å². The van der Waals surface area contributed by atoms with Crippen molar-refractivity contribution in [3.8, 4) is 11.6 Å². The molecule has 0 atom stereocenters. The highest BCUT2D eigenvalue weighted by Gasteiger charge is 2.28. The molecular weight excluding hydrogens is 350 g/mol. The van der Waals surface area contributed by atoms with Crippen molar-refractivity contribution in [3.05, 3.63) is 65.9 Å². The average Bonchev–Trinajstić information content (AvgIpc) is 3.07. The SMILES string of the molecule is Cc1nnc([C@H]2CC[C@H](Oc3ccccn3)CC2)n1-c1ccc(F)c(F)c1. The lowest BCUT2D eigenvalue weighted by molar-refractivity contribution is 0.139. The third-order valence-electron chi connectivity index (χ3n) is 4.98. The van der Waals surface area contributed by atoms with Crippen molar-refractivity contribution in [1.82, 2.24) is 19.7 Å². The van der Waals surface area contributed by atoms with Crippen LogP contribution in [0.1, 0.15) is 43.3 Å². The number of nitrogens with zero attached hydrogens (tertiary/aromatic N) is 4.